The molecule has 0 atom stereocenters. The van der Waals surface area contributed by atoms with E-state index in [1.165, 1.54) is 44.6 Å². The molecule has 1 aromatic carbocycles. The van der Waals surface area contributed by atoms with Crippen LogP contribution in [0.2, 0.25) is 5.02 Å². The first-order chi connectivity index (χ1) is 11.7. The molecule has 4 rings (SSSR count). The Kier molecular flexibility index (Phi) is 4.27. The highest BCUT2D eigenvalue weighted by Gasteiger charge is 2.27. The van der Waals surface area contributed by atoms with Gasteiger partial charge in [-0.15, -0.1) is 0 Å². The Hall–Kier alpha value is -1.88. The maximum absolute atomic E-state index is 13.3. The Bertz CT molecular complexity index is 742. The van der Waals surface area contributed by atoms with Crippen LogP contribution < -0.4 is 10.6 Å². The molecule has 0 saturated heterocycles. The predicted molar refractivity (Wildman–Crippen MR) is 94.6 cm³/mol. The van der Waals surface area contributed by atoms with Crippen LogP contribution in [-0.4, -0.2) is 16.0 Å². The fourth-order valence-corrected chi connectivity index (χ4v) is 3.34. The monoisotopic (exact) mass is 346 g/mol. The Morgan fingerprint density at radius 1 is 1.04 bits per heavy atom. The van der Waals surface area contributed by atoms with E-state index in [9.17, 15) is 4.39 Å². The van der Waals surface area contributed by atoms with Gasteiger partial charge >= 0.3 is 0 Å². The van der Waals surface area contributed by atoms with E-state index in [1.807, 2.05) is 6.07 Å². The second-order valence-corrected chi connectivity index (χ2v) is 7.06. The zero-order valence-corrected chi connectivity index (χ0v) is 14.1. The van der Waals surface area contributed by atoms with Crippen LogP contribution in [0.25, 0.3) is 0 Å². The van der Waals surface area contributed by atoms with Gasteiger partial charge in [0.25, 0.3) is 0 Å². The average molecular weight is 347 g/mol. The Balaban J connectivity index is 1.58. The van der Waals surface area contributed by atoms with E-state index in [0.717, 1.165) is 11.5 Å². The summed E-state index contributed by atoms with van der Waals surface area (Å²) in [5.74, 6) is 1.51. The van der Waals surface area contributed by atoms with Gasteiger partial charge in [-0.05, 0) is 43.9 Å². The van der Waals surface area contributed by atoms with Crippen molar-refractivity contribution in [2.75, 3.05) is 10.6 Å². The molecule has 0 radical (unpaired) electrons. The Morgan fingerprint density at radius 2 is 1.83 bits per heavy atom. The topological polar surface area (TPSA) is 49.8 Å². The minimum Gasteiger partial charge on any atom is -0.351 e. The van der Waals surface area contributed by atoms with Gasteiger partial charge in [0.1, 0.15) is 11.6 Å². The van der Waals surface area contributed by atoms with E-state index in [1.54, 1.807) is 12.1 Å². The van der Waals surface area contributed by atoms with Gasteiger partial charge in [0.15, 0.2) is 0 Å². The fourth-order valence-electron chi connectivity index (χ4n) is 3.16. The van der Waals surface area contributed by atoms with Gasteiger partial charge in [-0.3, -0.25) is 0 Å². The molecule has 24 heavy (non-hydrogen) atoms. The predicted octanol–water partition coefficient (Wildman–Crippen LogP) is 5.24. The van der Waals surface area contributed by atoms with Gasteiger partial charge in [-0.25, -0.2) is 9.37 Å². The molecule has 1 aromatic heterocycles. The molecule has 6 heteroatoms. The number of halogens is 2. The van der Waals surface area contributed by atoms with Crippen LogP contribution in [0.1, 0.15) is 50.1 Å². The van der Waals surface area contributed by atoms with E-state index in [-0.39, 0.29) is 5.02 Å². The summed E-state index contributed by atoms with van der Waals surface area (Å²) >= 11 is 5.86. The first-order valence-electron chi connectivity index (χ1n) is 8.55. The summed E-state index contributed by atoms with van der Waals surface area (Å²) in [5.41, 5.74) is 1.79. The van der Waals surface area contributed by atoms with Crippen LogP contribution in [-0.2, 0) is 0 Å². The largest absolute Gasteiger partial charge is 0.351 e. The van der Waals surface area contributed by atoms with Crippen LogP contribution >= 0.6 is 11.6 Å². The summed E-state index contributed by atoms with van der Waals surface area (Å²) in [5, 5.41) is 6.78. The third-order valence-corrected chi connectivity index (χ3v) is 4.91. The summed E-state index contributed by atoms with van der Waals surface area (Å²) in [6.45, 7) is 0. The van der Waals surface area contributed by atoms with Crippen LogP contribution in [0.4, 0.5) is 21.8 Å². The van der Waals surface area contributed by atoms with Crippen LogP contribution in [0, 0.1) is 5.82 Å². The molecule has 0 spiro atoms. The molecule has 2 aromatic rings. The second-order valence-electron chi connectivity index (χ2n) is 6.66. The molecule has 0 amide bonds. The molecule has 0 aliphatic heterocycles. The van der Waals surface area contributed by atoms with Crippen molar-refractivity contribution in [2.24, 2.45) is 0 Å². The van der Waals surface area contributed by atoms with Crippen molar-refractivity contribution in [1.29, 1.82) is 0 Å². The maximum Gasteiger partial charge on any atom is 0.225 e. The molecular weight excluding hydrogens is 327 g/mol. The lowest BCUT2D eigenvalue weighted by Gasteiger charge is -2.15. The summed E-state index contributed by atoms with van der Waals surface area (Å²) in [6, 6.07) is 7.03. The molecule has 1 heterocycles. The van der Waals surface area contributed by atoms with E-state index < -0.39 is 5.82 Å². The lowest BCUT2D eigenvalue weighted by molar-refractivity contribution is 0.628. The van der Waals surface area contributed by atoms with Gasteiger partial charge in [-0.1, -0.05) is 24.4 Å². The van der Waals surface area contributed by atoms with Crippen LogP contribution in [0.3, 0.4) is 0 Å². The van der Waals surface area contributed by atoms with Crippen molar-refractivity contribution in [3.8, 4) is 0 Å². The summed E-state index contributed by atoms with van der Waals surface area (Å²) < 4.78 is 13.3. The van der Waals surface area contributed by atoms with Crippen molar-refractivity contribution >= 4 is 29.1 Å². The maximum atomic E-state index is 13.3. The number of nitrogens with zero attached hydrogens (tertiary/aromatic N) is 2. The van der Waals surface area contributed by atoms with Gasteiger partial charge in [-0.2, -0.15) is 4.98 Å². The summed E-state index contributed by atoms with van der Waals surface area (Å²) in [4.78, 5) is 9.27. The lowest BCUT2D eigenvalue weighted by atomic mass is 10.2. The number of rotatable bonds is 5. The van der Waals surface area contributed by atoms with E-state index in [4.69, 9.17) is 11.6 Å². The zero-order chi connectivity index (χ0) is 16.5. The second kappa shape index (κ2) is 6.55. The number of nitrogens with one attached hydrogen (secondary N) is 2. The number of aromatic nitrogens is 2. The van der Waals surface area contributed by atoms with Crippen LogP contribution in [0.15, 0.2) is 24.3 Å². The third kappa shape index (κ3) is 3.61. The lowest BCUT2D eigenvalue weighted by Crippen LogP contribution is -2.17. The Morgan fingerprint density at radius 3 is 2.54 bits per heavy atom. The van der Waals surface area contributed by atoms with Gasteiger partial charge in [0.2, 0.25) is 5.95 Å². The molecule has 2 saturated carbocycles. The minimum atomic E-state index is -0.424. The molecule has 126 valence electrons. The average Bonchev–Trinajstić information content (AvgIpc) is 3.29. The summed E-state index contributed by atoms with van der Waals surface area (Å²) in [6.07, 6.45) is 7.24. The van der Waals surface area contributed by atoms with E-state index in [2.05, 4.69) is 20.6 Å². The molecule has 4 nitrogen and oxygen atoms in total. The normalized spacial score (nSPS) is 17.9. The third-order valence-electron chi connectivity index (χ3n) is 4.62. The first-order valence-corrected chi connectivity index (χ1v) is 8.93. The van der Waals surface area contributed by atoms with Gasteiger partial charge in [0, 0.05) is 23.7 Å². The minimum absolute atomic E-state index is 0.0979. The molecule has 2 fully saturated rings. The number of hydrogen-bond acceptors (Lipinski definition) is 4. The fraction of sp³-hybridized carbons (Fsp3) is 0.444. The summed E-state index contributed by atoms with van der Waals surface area (Å²) in [7, 11) is 0. The van der Waals surface area contributed by atoms with E-state index in [0.29, 0.717) is 23.6 Å². The van der Waals surface area contributed by atoms with Crippen molar-refractivity contribution in [3.05, 3.63) is 40.8 Å². The van der Waals surface area contributed by atoms with E-state index >= 15 is 0 Å². The SMILES string of the molecule is Fc1ccc(Nc2cc(C3CC3)nc(NC3CCCC3)n2)cc1Cl. The van der Waals surface area contributed by atoms with Gasteiger partial charge in [0.05, 0.1) is 10.7 Å². The van der Waals surface area contributed by atoms with Crippen molar-refractivity contribution in [2.45, 2.75) is 50.5 Å². The number of anilines is 3. The van der Waals surface area contributed by atoms with Crippen molar-refractivity contribution in [3.63, 3.8) is 0 Å². The highest BCUT2D eigenvalue weighted by atomic mass is 35.5. The first kappa shape index (κ1) is 15.6. The molecule has 2 aliphatic rings. The highest BCUT2D eigenvalue weighted by Crippen LogP contribution is 2.40. The Labute approximate surface area is 145 Å². The molecule has 0 bridgehead atoms. The standard InChI is InChI=1S/C18H20ClFN4/c19-14-9-13(7-8-15(14)20)21-17-10-16(11-5-6-11)23-18(24-17)22-12-3-1-2-4-12/h7-12H,1-6H2,(H2,21,22,23,24). The molecular formula is C18H20ClFN4. The zero-order valence-electron chi connectivity index (χ0n) is 13.4. The highest BCUT2D eigenvalue weighted by molar-refractivity contribution is 6.31. The van der Waals surface area contributed by atoms with Crippen LogP contribution in [0.5, 0.6) is 0 Å². The molecule has 2 N–H and O–H groups in total. The molecule has 2 aliphatic carbocycles. The smallest absolute Gasteiger partial charge is 0.225 e. The number of benzene rings is 1. The van der Waals surface area contributed by atoms with Crippen molar-refractivity contribution in [1.82, 2.24) is 9.97 Å². The van der Waals surface area contributed by atoms with Gasteiger partial charge < -0.3 is 10.6 Å². The van der Waals surface area contributed by atoms with Crippen molar-refractivity contribution < 1.29 is 4.39 Å². The molecule has 0 unspecified atom stereocenters. The quantitative estimate of drug-likeness (QED) is 0.776. The number of hydrogen-bond donors (Lipinski definition) is 2.